The molecule has 7 nitrogen and oxygen atoms in total. The van der Waals surface area contributed by atoms with Crippen molar-refractivity contribution in [1.82, 2.24) is 15.0 Å². The van der Waals surface area contributed by atoms with E-state index in [2.05, 4.69) is 20.3 Å². The number of amides is 1. The number of hydrogen-bond acceptors (Lipinski definition) is 6. The zero-order chi connectivity index (χ0) is 19.9. The van der Waals surface area contributed by atoms with Crippen LogP contribution in [0.1, 0.15) is 16.9 Å². The Hall–Kier alpha value is -3.46. The van der Waals surface area contributed by atoms with Crippen LogP contribution >= 0.6 is 0 Å². The van der Waals surface area contributed by atoms with Gasteiger partial charge < -0.3 is 15.8 Å². The highest BCUT2D eigenvalue weighted by atomic mass is 19.1. The molecule has 0 saturated carbocycles. The minimum absolute atomic E-state index is 0.00646. The Morgan fingerprint density at radius 2 is 1.89 bits per heavy atom. The second-order valence-corrected chi connectivity index (χ2v) is 5.69. The molecule has 0 aliphatic heterocycles. The van der Waals surface area contributed by atoms with E-state index in [0.29, 0.717) is 19.6 Å². The maximum absolute atomic E-state index is 14.0. The molecule has 0 bridgehead atoms. The van der Waals surface area contributed by atoms with Crippen LogP contribution < -0.4 is 15.8 Å². The summed E-state index contributed by atoms with van der Waals surface area (Å²) in [6, 6.07) is 7.84. The van der Waals surface area contributed by atoms with Crippen LogP contribution in [0.3, 0.4) is 0 Å². The number of anilines is 1. The van der Waals surface area contributed by atoms with Crippen LogP contribution in [0.2, 0.25) is 0 Å². The average molecular weight is 385 g/mol. The van der Waals surface area contributed by atoms with Crippen LogP contribution in [0.5, 0.6) is 5.88 Å². The van der Waals surface area contributed by atoms with E-state index in [1.165, 1.54) is 36.8 Å². The van der Waals surface area contributed by atoms with E-state index in [1.54, 1.807) is 0 Å². The standard InChI is InChI=1S/C19H17F2N5O2/c20-12-4-1-5-13(21)17(12)14-6-2-7-15(25-14)18(27)26-16-10-23-11-24-19(16)28-9-3-8-22/h1-2,4-7,10-11H,3,8-9,22H2,(H,26,27). The first kappa shape index (κ1) is 19.3. The van der Waals surface area contributed by atoms with Gasteiger partial charge in [-0.05, 0) is 37.2 Å². The van der Waals surface area contributed by atoms with E-state index in [9.17, 15) is 13.6 Å². The van der Waals surface area contributed by atoms with Crippen molar-refractivity contribution in [3.63, 3.8) is 0 Å². The molecule has 1 amide bonds. The summed E-state index contributed by atoms with van der Waals surface area (Å²) in [4.78, 5) is 24.5. The number of halogens is 2. The minimum Gasteiger partial charge on any atom is -0.476 e. The van der Waals surface area contributed by atoms with Gasteiger partial charge in [-0.15, -0.1) is 0 Å². The van der Waals surface area contributed by atoms with Crippen LogP contribution in [0.4, 0.5) is 14.5 Å². The molecule has 3 aromatic rings. The largest absolute Gasteiger partial charge is 0.476 e. The molecule has 2 heterocycles. The topological polar surface area (TPSA) is 103 Å². The molecule has 0 atom stereocenters. The van der Waals surface area contributed by atoms with E-state index in [0.717, 1.165) is 12.1 Å². The van der Waals surface area contributed by atoms with Gasteiger partial charge in [0.1, 0.15) is 29.3 Å². The van der Waals surface area contributed by atoms with Crippen molar-refractivity contribution in [3.8, 4) is 17.1 Å². The fraction of sp³-hybridized carbons (Fsp3) is 0.158. The Labute approximate surface area is 159 Å². The summed E-state index contributed by atoms with van der Waals surface area (Å²) in [6.07, 6.45) is 3.28. The Balaban J connectivity index is 1.83. The number of ether oxygens (including phenoxy) is 1. The Kier molecular flexibility index (Phi) is 6.18. The molecule has 0 aliphatic carbocycles. The lowest BCUT2D eigenvalue weighted by Crippen LogP contribution is -2.16. The summed E-state index contributed by atoms with van der Waals surface area (Å²) in [5.41, 5.74) is 5.35. The van der Waals surface area contributed by atoms with E-state index < -0.39 is 17.5 Å². The fourth-order valence-corrected chi connectivity index (χ4v) is 2.40. The number of nitrogens with zero attached hydrogens (tertiary/aromatic N) is 3. The molecule has 3 N–H and O–H groups in total. The molecule has 0 radical (unpaired) electrons. The van der Waals surface area contributed by atoms with Crippen LogP contribution in [0, 0.1) is 11.6 Å². The molecule has 28 heavy (non-hydrogen) atoms. The lowest BCUT2D eigenvalue weighted by Gasteiger charge is -2.11. The summed E-state index contributed by atoms with van der Waals surface area (Å²) in [7, 11) is 0. The highest BCUT2D eigenvalue weighted by Crippen LogP contribution is 2.25. The van der Waals surface area contributed by atoms with Crippen LogP contribution in [-0.4, -0.2) is 34.0 Å². The van der Waals surface area contributed by atoms with Gasteiger partial charge in [-0.25, -0.2) is 18.7 Å². The maximum atomic E-state index is 14.0. The van der Waals surface area contributed by atoms with E-state index in [4.69, 9.17) is 10.5 Å². The van der Waals surface area contributed by atoms with Gasteiger partial charge in [-0.2, -0.15) is 4.98 Å². The SMILES string of the molecule is NCCCOc1ncncc1NC(=O)c1cccc(-c2c(F)cccc2F)n1. The molecule has 2 aromatic heterocycles. The van der Waals surface area contributed by atoms with Crippen LogP contribution in [-0.2, 0) is 0 Å². The Morgan fingerprint density at radius 1 is 1.14 bits per heavy atom. The van der Waals surface area contributed by atoms with Gasteiger partial charge in [0, 0.05) is 0 Å². The normalized spacial score (nSPS) is 10.5. The number of aromatic nitrogens is 3. The fourth-order valence-electron chi connectivity index (χ4n) is 2.40. The predicted molar refractivity (Wildman–Crippen MR) is 98.7 cm³/mol. The zero-order valence-corrected chi connectivity index (χ0v) is 14.7. The van der Waals surface area contributed by atoms with Gasteiger partial charge >= 0.3 is 0 Å². The summed E-state index contributed by atoms with van der Waals surface area (Å²) in [5.74, 6) is -1.95. The number of nitrogens with two attached hydrogens (primary N) is 1. The maximum Gasteiger partial charge on any atom is 0.274 e. The second-order valence-electron chi connectivity index (χ2n) is 5.69. The molecular weight excluding hydrogens is 368 g/mol. The lowest BCUT2D eigenvalue weighted by molar-refractivity contribution is 0.102. The third-order valence-electron chi connectivity index (χ3n) is 3.71. The second kappa shape index (κ2) is 8.96. The number of carbonyl (C=O) groups is 1. The van der Waals surface area contributed by atoms with E-state index in [1.807, 2.05) is 0 Å². The Morgan fingerprint density at radius 3 is 2.64 bits per heavy atom. The van der Waals surface area contributed by atoms with Gasteiger partial charge in [0.15, 0.2) is 0 Å². The Bertz CT molecular complexity index is 964. The first-order valence-corrected chi connectivity index (χ1v) is 8.46. The van der Waals surface area contributed by atoms with Crippen molar-refractivity contribution in [2.45, 2.75) is 6.42 Å². The van der Waals surface area contributed by atoms with Crippen LogP contribution in [0.25, 0.3) is 11.3 Å². The molecule has 9 heteroatoms. The molecule has 0 aliphatic rings. The van der Waals surface area contributed by atoms with Gasteiger partial charge in [-0.3, -0.25) is 4.79 Å². The molecule has 0 saturated heterocycles. The zero-order valence-electron chi connectivity index (χ0n) is 14.7. The number of benzene rings is 1. The summed E-state index contributed by atoms with van der Waals surface area (Å²) in [5, 5.41) is 2.59. The monoisotopic (exact) mass is 385 g/mol. The highest BCUT2D eigenvalue weighted by molar-refractivity contribution is 6.03. The summed E-state index contributed by atoms with van der Waals surface area (Å²) in [6.45, 7) is 0.784. The number of rotatable bonds is 7. The number of nitrogens with one attached hydrogen (secondary N) is 1. The number of pyridine rings is 1. The van der Waals surface area contributed by atoms with Crippen molar-refractivity contribution in [2.75, 3.05) is 18.5 Å². The van der Waals surface area contributed by atoms with Crippen molar-refractivity contribution in [1.29, 1.82) is 0 Å². The van der Waals surface area contributed by atoms with Gasteiger partial charge in [-0.1, -0.05) is 12.1 Å². The molecule has 3 rings (SSSR count). The number of hydrogen-bond donors (Lipinski definition) is 2. The van der Waals surface area contributed by atoms with Crippen LogP contribution in [0.15, 0.2) is 48.9 Å². The molecule has 0 unspecified atom stereocenters. The molecule has 144 valence electrons. The lowest BCUT2D eigenvalue weighted by atomic mass is 10.1. The third kappa shape index (κ3) is 4.44. The van der Waals surface area contributed by atoms with Crippen molar-refractivity contribution in [2.24, 2.45) is 5.73 Å². The predicted octanol–water partition coefficient (Wildman–Crippen LogP) is 2.80. The minimum atomic E-state index is -0.767. The first-order chi connectivity index (χ1) is 13.6. The van der Waals surface area contributed by atoms with Crippen molar-refractivity contribution in [3.05, 3.63) is 66.3 Å². The van der Waals surface area contributed by atoms with Crippen molar-refractivity contribution < 1.29 is 18.3 Å². The summed E-state index contributed by atoms with van der Waals surface area (Å²) >= 11 is 0. The molecular formula is C19H17F2N5O2. The van der Waals surface area contributed by atoms with Crippen molar-refractivity contribution >= 4 is 11.6 Å². The van der Waals surface area contributed by atoms with Gasteiger partial charge in [0.25, 0.3) is 5.91 Å². The molecule has 0 spiro atoms. The van der Waals surface area contributed by atoms with Gasteiger partial charge in [0.2, 0.25) is 5.88 Å². The first-order valence-electron chi connectivity index (χ1n) is 8.46. The van der Waals surface area contributed by atoms with E-state index in [-0.39, 0.29) is 28.5 Å². The summed E-state index contributed by atoms with van der Waals surface area (Å²) < 4.78 is 33.5. The van der Waals surface area contributed by atoms with E-state index >= 15 is 0 Å². The smallest absolute Gasteiger partial charge is 0.274 e. The number of carbonyl (C=O) groups excluding carboxylic acids is 1. The third-order valence-corrected chi connectivity index (χ3v) is 3.71. The molecule has 0 fully saturated rings. The quantitative estimate of drug-likeness (QED) is 0.606. The highest BCUT2D eigenvalue weighted by Gasteiger charge is 2.16. The molecule has 1 aromatic carbocycles. The van der Waals surface area contributed by atoms with Gasteiger partial charge in [0.05, 0.1) is 24.1 Å². The average Bonchev–Trinajstić information content (AvgIpc) is 2.69.